The first-order valence-corrected chi connectivity index (χ1v) is 5.05. The fourth-order valence-corrected chi connectivity index (χ4v) is 1.26. The van der Waals surface area contributed by atoms with Crippen LogP contribution in [0.3, 0.4) is 0 Å². The Hall–Kier alpha value is -1.45. The molecule has 1 atom stereocenters. The van der Waals surface area contributed by atoms with Crippen LogP contribution in [0.4, 0.5) is 0 Å². The molecule has 0 spiro atoms. The number of aromatic nitrogens is 2. The summed E-state index contributed by atoms with van der Waals surface area (Å²) >= 11 is 0. The average Bonchev–Trinajstić information content (AvgIpc) is 2.16. The summed E-state index contributed by atoms with van der Waals surface area (Å²) in [6.45, 7) is 5.79. The van der Waals surface area contributed by atoms with E-state index in [0.29, 0.717) is 11.7 Å². The first kappa shape index (κ1) is 11.6. The molecule has 4 heteroatoms. The van der Waals surface area contributed by atoms with E-state index in [4.69, 9.17) is 5.11 Å². The summed E-state index contributed by atoms with van der Waals surface area (Å²) in [7, 11) is 0. The van der Waals surface area contributed by atoms with Crippen LogP contribution in [0.15, 0.2) is 12.3 Å². The molecule has 0 fully saturated rings. The highest BCUT2D eigenvalue weighted by Crippen LogP contribution is 2.12. The van der Waals surface area contributed by atoms with Crippen LogP contribution in [0.1, 0.15) is 38.2 Å². The Labute approximate surface area is 89.4 Å². The molecule has 0 aliphatic rings. The summed E-state index contributed by atoms with van der Waals surface area (Å²) in [5.74, 6) is -0.637. The van der Waals surface area contributed by atoms with Crippen molar-refractivity contribution in [3.8, 4) is 0 Å². The second-order valence-corrected chi connectivity index (χ2v) is 4.06. The normalized spacial score (nSPS) is 12.8. The molecule has 0 aliphatic carbocycles. The fraction of sp³-hybridized carbons (Fsp3) is 0.545. The molecular weight excluding hydrogens is 192 g/mol. The number of hydrogen-bond acceptors (Lipinski definition) is 3. The van der Waals surface area contributed by atoms with Gasteiger partial charge in [-0.25, -0.2) is 9.97 Å². The van der Waals surface area contributed by atoms with Gasteiger partial charge in [0, 0.05) is 11.9 Å². The molecule has 82 valence electrons. The zero-order valence-corrected chi connectivity index (χ0v) is 9.27. The third-order valence-electron chi connectivity index (χ3n) is 2.11. The molecule has 0 amide bonds. The van der Waals surface area contributed by atoms with E-state index in [0.717, 1.165) is 12.1 Å². The summed E-state index contributed by atoms with van der Waals surface area (Å²) in [5, 5.41) is 8.83. The van der Waals surface area contributed by atoms with Gasteiger partial charge in [-0.05, 0) is 25.3 Å². The van der Waals surface area contributed by atoms with E-state index in [1.807, 2.05) is 6.07 Å². The predicted octanol–water partition coefficient (Wildman–Crippen LogP) is 1.86. The molecule has 1 rings (SSSR count). The lowest BCUT2D eigenvalue weighted by molar-refractivity contribution is -0.138. The van der Waals surface area contributed by atoms with Crippen LogP contribution in [-0.2, 0) is 11.2 Å². The molecule has 0 saturated heterocycles. The maximum atomic E-state index is 10.8. The molecule has 1 aromatic rings. The van der Waals surface area contributed by atoms with Crippen LogP contribution >= 0.6 is 0 Å². The number of rotatable bonds is 4. The topological polar surface area (TPSA) is 63.1 Å². The Balaban J connectivity index is 2.87. The Kier molecular flexibility index (Phi) is 3.77. The molecular formula is C11H16N2O2. The van der Waals surface area contributed by atoms with Crippen LogP contribution < -0.4 is 0 Å². The fourth-order valence-electron chi connectivity index (χ4n) is 1.26. The SMILES string of the molecule is CC(C)Cc1ccnc(C(C)C(=O)O)n1. The van der Waals surface area contributed by atoms with Gasteiger partial charge >= 0.3 is 5.97 Å². The molecule has 4 nitrogen and oxygen atoms in total. The molecule has 0 bridgehead atoms. The summed E-state index contributed by atoms with van der Waals surface area (Å²) in [6, 6.07) is 1.83. The van der Waals surface area contributed by atoms with Crippen molar-refractivity contribution in [1.82, 2.24) is 9.97 Å². The zero-order valence-electron chi connectivity index (χ0n) is 9.27. The van der Waals surface area contributed by atoms with Crippen LogP contribution in [0.5, 0.6) is 0 Å². The van der Waals surface area contributed by atoms with Crippen LogP contribution in [-0.4, -0.2) is 21.0 Å². The van der Waals surface area contributed by atoms with Gasteiger partial charge in [-0.1, -0.05) is 13.8 Å². The molecule has 1 aromatic heterocycles. The van der Waals surface area contributed by atoms with Gasteiger partial charge in [0.1, 0.15) is 11.7 Å². The Morgan fingerprint density at radius 2 is 2.13 bits per heavy atom. The minimum absolute atomic E-state index is 0.389. The van der Waals surface area contributed by atoms with Crippen molar-refractivity contribution in [3.63, 3.8) is 0 Å². The highest BCUT2D eigenvalue weighted by atomic mass is 16.4. The minimum atomic E-state index is -0.892. The van der Waals surface area contributed by atoms with Gasteiger partial charge in [0.15, 0.2) is 0 Å². The van der Waals surface area contributed by atoms with Gasteiger partial charge in [-0.15, -0.1) is 0 Å². The molecule has 0 aromatic carbocycles. The van der Waals surface area contributed by atoms with Crippen molar-refractivity contribution in [2.75, 3.05) is 0 Å². The highest BCUT2D eigenvalue weighted by Gasteiger charge is 2.16. The van der Waals surface area contributed by atoms with Gasteiger partial charge in [-0.2, -0.15) is 0 Å². The smallest absolute Gasteiger partial charge is 0.313 e. The lowest BCUT2D eigenvalue weighted by Crippen LogP contribution is -2.12. The number of aliphatic carboxylic acids is 1. The second kappa shape index (κ2) is 4.87. The first-order valence-electron chi connectivity index (χ1n) is 5.05. The zero-order chi connectivity index (χ0) is 11.4. The molecule has 0 saturated carbocycles. The van der Waals surface area contributed by atoms with Gasteiger partial charge in [0.25, 0.3) is 0 Å². The van der Waals surface area contributed by atoms with E-state index in [9.17, 15) is 4.79 Å². The maximum absolute atomic E-state index is 10.8. The first-order chi connectivity index (χ1) is 7.00. The predicted molar refractivity (Wildman–Crippen MR) is 56.6 cm³/mol. The van der Waals surface area contributed by atoms with Crippen molar-refractivity contribution in [1.29, 1.82) is 0 Å². The monoisotopic (exact) mass is 208 g/mol. The standard InChI is InChI=1S/C11H16N2O2/c1-7(2)6-9-4-5-12-10(13-9)8(3)11(14)15/h4-5,7-8H,6H2,1-3H3,(H,14,15). The molecule has 0 radical (unpaired) electrons. The van der Waals surface area contributed by atoms with Crippen molar-refractivity contribution in [2.45, 2.75) is 33.1 Å². The third-order valence-corrected chi connectivity index (χ3v) is 2.11. The third kappa shape index (κ3) is 3.31. The van der Waals surface area contributed by atoms with Crippen LogP contribution in [0.2, 0.25) is 0 Å². The quantitative estimate of drug-likeness (QED) is 0.820. The lowest BCUT2D eigenvalue weighted by atomic mass is 10.1. The molecule has 1 N–H and O–H groups in total. The Morgan fingerprint density at radius 3 is 2.67 bits per heavy atom. The van der Waals surface area contributed by atoms with Crippen LogP contribution in [0, 0.1) is 5.92 Å². The van der Waals surface area contributed by atoms with E-state index >= 15 is 0 Å². The highest BCUT2D eigenvalue weighted by molar-refractivity contribution is 5.74. The summed E-state index contributed by atoms with van der Waals surface area (Å²) in [5.41, 5.74) is 0.906. The average molecular weight is 208 g/mol. The number of carboxylic acids is 1. The van der Waals surface area contributed by atoms with Gasteiger partial charge in [0.2, 0.25) is 0 Å². The maximum Gasteiger partial charge on any atom is 0.313 e. The van der Waals surface area contributed by atoms with Crippen molar-refractivity contribution < 1.29 is 9.90 Å². The minimum Gasteiger partial charge on any atom is -0.481 e. The number of carbonyl (C=O) groups is 1. The number of nitrogens with zero attached hydrogens (tertiary/aromatic N) is 2. The van der Waals surface area contributed by atoms with Crippen molar-refractivity contribution in [2.24, 2.45) is 5.92 Å². The summed E-state index contributed by atoms with van der Waals surface area (Å²) < 4.78 is 0. The van der Waals surface area contributed by atoms with E-state index in [2.05, 4.69) is 23.8 Å². The van der Waals surface area contributed by atoms with Crippen molar-refractivity contribution in [3.05, 3.63) is 23.8 Å². The van der Waals surface area contributed by atoms with Gasteiger partial charge in [0.05, 0.1) is 0 Å². The molecule has 15 heavy (non-hydrogen) atoms. The molecule has 0 aliphatic heterocycles. The largest absolute Gasteiger partial charge is 0.481 e. The van der Waals surface area contributed by atoms with Crippen molar-refractivity contribution >= 4 is 5.97 Å². The molecule has 1 unspecified atom stereocenters. The number of hydrogen-bond donors (Lipinski definition) is 1. The van der Waals surface area contributed by atoms with E-state index in [1.54, 1.807) is 13.1 Å². The number of carboxylic acid groups (broad SMARTS) is 1. The van der Waals surface area contributed by atoms with Crippen LogP contribution in [0.25, 0.3) is 0 Å². The summed E-state index contributed by atoms with van der Waals surface area (Å²) in [6.07, 6.45) is 2.47. The Morgan fingerprint density at radius 1 is 1.47 bits per heavy atom. The van der Waals surface area contributed by atoms with E-state index in [-0.39, 0.29) is 0 Å². The van der Waals surface area contributed by atoms with E-state index in [1.165, 1.54) is 0 Å². The lowest BCUT2D eigenvalue weighted by Gasteiger charge is -2.08. The van der Waals surface area contributed by atoms with Gasteiger partial charge < -0.3 is 5.11 Å². The summed E-state index contributed by atoms with van der Waals surface area (Å²) in [4.78, 5) is 19.0. The van der Waals surface area contributed by atoms with Gasteiger partial charge in [-0.3, -0.25) is 4.79 Å². The Bertz CT molecular complexity index is 350. The second-order valence-electron chi connectivity index (χ2n) is 4.06. The van der Waals surface area contributed by atoms with E-state index < -0.39 is 11.9 Å². The molecule has 1 heterocycles.